The van der Waals surface area contributed by atoms with Crippen LogP contribution in [0.4, 0.5) is 0 Å². The maximum Gasteiger partial charge on any atom is 0.278 e. The fourth-order valence-corrected chi connectivity index (χ4v) is 0.976. The number of quaternary nitrogens is 1. The molecule has 0 aliphatic carbocycles. The first-order valence-electron chi connectivity index (χ1n) is 4.88. The summed E-state index contributed by atoms with van der Waals surface area (Å²) in [4.78, 5) is 32.6. The van der Waals surface area contributed by atoms with Crippen LogP contribution < -0.4 is 21.9 Å². The summed E-state index contributed by atoms with van der Waals surface area (Å²) in [5, 5.41) is 12.8. The lowest BCUT2D eigenvalue weighted by molar-refractivity contribution is -0.414. The van der Waals surface area contributed by atoms with E-state index in [1.165, 1.54) is 0 Å². The summed E-state index contributed by atoms with van der Waals surface area (Å²) >= 11 is 0. The van der Waals surface area contributed by atoms with Crippen molar-refractivity contribution in [3.05, 3.63) is 0 Å². The third-order valence-corrected chi connectivity index (χ3v) is 2.15. The maximum atomic E-state index is 11.5. The summed E-state index contributed by atoms with van der Waals surface area (Å²) in [6.07, 6.45) is -0.487. The van der Waals surface area contributed by atoms with Crippen LogP contribution in [0.5, 0.6) is 0 Å². The minimum absolute atomic E-state index is 0.0315. The van der Waals surface area contributed by atoms with E-state index in [0.29, 0.717) is 0 Å². The normalized spacial score (nSPS) is 14.2. The van der Waals surface area contributed by atoms with Crippen molar-refractivity contribution in [2.45, 2.75) is 32.4 Å². The first kappa shape index (κ1) is 14.4. The SMILES string of the molecule is CC(C)[C@H]([NH3+])C(=O)N[C@@H](CC(N)=O)C(=O)[O-]. The van der Waals surface area contributed by atoms with Crippen molar-refractivity contribution < 1.29 is 25.2 Å². The molecule has 0 bridgehead atoms. The zero-order valence-electron chi connectivity index (χ0n) is 9.36. The van der Waals surface area contributed by atoms with Gasteiger partial charge in [-0.1, -0.05) is 13.8 Å². The number of amides is 2. The number of aliphatic carboxylic acids is 1. The minimum Gasteiger partial charge on any atom is -0.548 e. The highest BCUT2D eigenvalue weighted by atomic mass is 16.4. The first-order chi connectivity index (χ1) is 7.25. The molecule has 0 rings (SSSR count). The summed E-state index contributed by atoms with van der Waals surface area (Å²) < 4.78 is 0. The lowest BCUT2D eigenvalue weighted by atomic mass is 10.0. The van der Waals surface area contributed by atoms with Crippen LogP contribution in [0.15, 0.2) is 0 Å². The van der Waals surface area contributed by atoms with Crippen LogP contribution >= 0.6 is 0 Å². The van der Waals surface area contributed by atoms with Crippen molar-refractivity contribution in [1.29, 1.82) is 0 Å². The van der Waals surface area contributed by atoms with Crippen molar-refractivity contribution in [3.8, 4) is 0 Å². The standard InChI is InChI=1S/C9H17N3O4/c1-4(2)7(11)8(14)12-5(9(15)16)3-6(10)13/h4-5,7H,3,11H2,1-2H3,(H2,10,13)(H,12,14)(H,15,16)/t5-,7-/m0/s1. The van der Waals surface area contributed by atoms with Crippen LogP contribution in [-0.2, 0) is 14.4 Å². The average Bonchev–Trinajstić information content (AvgIpc) is 2.14. The monoisotopic (exact) mass is 231 g/mol. The Morgan fingerprint density at radius 1 is 1.38 bits per heavy atom. The molecule has 0 aromatic carbocycles. The molecule has 0 saturated heterocycles. The minimum atomic E-state index is -1.54. The third-order valence-electron chi connectivity index (χ3n) is 2.15. The number of primary amides is 1. The average molecular weight is 231 g/mol. The molecule has 2 amide bonds. The number of hydrogen-bond donors (Lipinski definition) is 3. The molecule has 16 heavy (non-hydrogen) atoms. The number of carboxylic acid groups (broad SMARTS) is 1. The van der Waals surface area contributed by atoms with Gasteiger partial charge in [0, 0.05) is 5.92 Å². The molecular weight excluding hydrogens is 214 g/mol. The second kappa shape index (κ2) is 6.06. The molecule has 0 saturated carbocycles. The zero-order valence-corrected chi connectivity index (χ0v) is 9.36. The number of rotatable bonds is 6. The Kier molecular flexibility index (Phi) is 5.44. The number of nitrogens with two attached hydrogens (primary N) is 1. The van der Waals surface area contributed by atoms with Crippen LogP contribution in [0.2, 0.25) is 0 Å². The predicted molar refractivity (Wildman–Crippen MR) is 52.3 cm³/mol. The Bertz CT molecular complexity index is 290. The van der Waals surface area contributed by atoms with Crippen molar-refractivity contribution in [3.63, 3.8) is 0 Å². The quantitative estimate of drug-likeness (QED) is 0.433. The van der Waals surface area contributed by atoms with E-state index in [4.69, 9.17) is 5.73 Å². The van der Waals surface area contributed by atoms with Crippen molar-refractivity contribution in [2.24, 2.45) is 11.7 Å². The van der Waals surface area contributed by atoms with Gasteiger partial charge in [0.25, 0.3) is 5.91 Å². The van der Waals surface area contributed by atoms with Gasteiger partial charge in [0.05, 0.1) is 18.4 Å². The molecule has 0 radical (unpaired) electrons. The van der Waals surface area contributed by atoms with Crippen molar-refractivity contribution in [2.75, 3.05) is 0 Å². The van der Waals surface area contributed by atoms with Crippen LogP contribution in [0.3, 0.4) is 0 Å². The molecule has 2 atom stereocenters. The number of carboxylic acids is 1. The number of hydrogen-bond acceptors (Lipinski definition) is 4. The van der Waals surface area contributed by atoms with Crippen LogP contribution in [0.25, 0.3) is 0 Å². The summed E-state index contributed by atoms with van der Waals surface area (Å²) in [5.41, 5.74) is 8.43. The summed E-state index contributed by atoms with van der Waals surface area (Å²) in [7, 11) is 0. The van der Waals surface area contributed by atoms with Crippen LogP contribution in [0.1, 0.15) is 20.3 Å². The van der Waals surface area contributed by atoms with Crippen LogP contribution in [0, 0.1) is 5.92 Å². The Morgan fingerprint density at radius 2 is 1.88 bits per heavy atom. The molecule has 0 aromatic heterocycles. The second-order valence-corrected chi connectivity index (χ2v) is 3.90. The molecule has 0 fully saturated rings. The fourth-order valence-electron chi connectivity index (χ4n) is 0.976. The first-order valence-corrected chi connectivity index (χ1v) is 4.88. The molecule has 6 N–H and O–H groups in total. The Hall–Kier alpha value is -1.63. The molecule has 0 aliphatic rings. The van der Waals surface area contributed by atoms with Gasteiger partial charge in [0.2, 0.25) is 5.91 Å². The van der Waals surface area contributed by atoms with Gasteiger partial charge >= 0.3 is 0 Å². The van der Waals surface area contributed by atoms with Crippen molar-refractivity contribution in [1.82, 2.24) is 5.32 Å². The van der Waals surface area contributed by atoms with Gasteiger partial charge in [-0.3, -0.25) is 9.59 Å². The van der Waals surface area contributed by atoms with Gasteiger partial charge in [-0.2, -0.15) is 0 Å². The molecule has 7 nitrogen and oxygen atoms in total. The van der Waals surface area contributed by atoms with Gasteiger partial charge in [-0.15, -0.1) is 0 Å². The van der Waals surface area contributed by atoms with E-state index in [9.17, 15) is 19.5 Å². The molecule has 0 spiro atoms. The Morgan fingerprint density at radius 3 is 2.19 bits per heavy atom. The molecule has 0 aromatic rings. The van der Waals surface area contributed by atoms with E-state index >= 15 is 0 Å². The topological polar surface area (TPSA) is 140 Å². The van der Waals surface area contributed by atoms with Crippen LogP contribution in [-0.4, -0.2) is 29.9 Å². The summed E-state index contributed by atoms with van der Waals surface area (Å²) in [5.74, 6) is -2.93. The second-order valence-electron chi connectivity index (χ2n) is 3.90. The highest BCUT2D eigenvalue weighted by molar-refractivity contribution is 5.88. The molecular formula is C9H17N3O4. The summed E-state index contributed by atoms with van der Waals surface area (Å²) in [6.45, 7) is 3.55. The van der Waals surface area contributed by atoms with Gasteiger partial charge in [0.1, 0.15) is 0 Å². The van der Waals surface area contributed by atoms with Gasteiger partial charge in [0.15, 0.2) is 6.04 Å². The molecule has 0 unspecified atom stereocenters. The highest BCUT2D eigenvalue weighted by Gasteiger charge is 2.24. The maximum absolute atomic E-state index is 11.5. The van der Waals surface area contributed by atoms with E-state index in [0.717, 1.165) is 0 Å². The fraction of sp³-hybridized carbons (Fsp3) is 0.667. The summed E-state index contributed by atoms with van der Waals surface area (Å²) in [6, 6.07) is -1.98. The molecule has 0 heterocycles. The third kappa shape index (κ3) is 4.74. The van der Waals surface area contributed by atoms with E-state index < -0.39 is 36.3 Å². The van der Waals surface area contributed by atoms with Gasteiger partial charge < -0.3 is 26.7 Å². The number of carbonyl (C=O) groups is 3. The van der Waals surface area contributed by atoms with E-state index in [2.05, 4.69) is 11.1 Å². The smallest absolute Gasteiger partial charge is 0.278 e. The molecule has 92 valence electrons. The zero-order chi connectivity index (χ0) is 12.9. The lowest BCUT2D eigenvalue weighted by Gasteiger charge is -2.20. The molecule has 7 heteroatoms. The van der Waals surface area contributed by atoms with E-state index in [-0.39, 0.29) is 5.92 Å². The van der Waals surface area contributed by atoms with E-state index in [1.54, 1.807) is 13.8 Å². The van der Waals surface area contributed by atoms with Gasteiger partial charge in [-0.25, -0.2) is 0 Å². The predicted octanol–water partition coefficient (Wildman–Crippen LogP) is -3.64. The Labute approximate surface area is 93.2 Å². The largest absolute Gasteiger partial charge is 0.548 e. The highest BCUT2D eigenvalue weighted by Crippen LogP contribution is 1.98. The van der Waals surface area contributed by atoms with Crippen molar-refractivity contribution >= 4 is 17.8 Å². The number of nitrogens with one attached hydrogen (secondary N) is 1. The number of carbonyl (C=O) groups excluding carboxylic acids is 3. The van der Waals surface area contributed by atoms with Gasteiger partial charge in [-0.05, 0) is 0 Å². The Balaban J connectivity index is 4.46. The van der Waals surface area contributed by atoms with E-state index in [1.807, 2.05) is 0 Å². The lowest BCUT2D eigenvalue weighted by Crippen LogP contribution is -2.71. The molecule has 0 aliphatic heterocycles.